The third-order valence-electron chi connectivity index (χ3n) is 4.04. The molecule has 0 saturated heterocycles. The van der Waals surface area contributed by atoms with Gasteiger partial charge in [-0.05, 0) is 37.6 Å². The van der Waals surface area contributed by atoms with Gasteiger partial charge in [-0.15, -0.1) is 11.3 Å². The molecule has 0 saturated carbocycles. The van der Waals surface area contributed by atoms with Gasteiger partial charge >= 0.3 is 0 Å². The van der Waals surface area contributed by atoms with Gasteiger partial charge in [-0.3, -0.25) is 14.9 Å². The Labute approximate surface area is 168 Å². The second kappa shape index (κ2) is 7.98. The second-order valence-electron chi connectivity index (χ2n) is 5.73. The zero-order valence-corrected chi connectivity index (χ0v) is 17.1. The maximum atomic E-state index is 12.6. The summed E-state index contributed by atoms with van der Waals surface area (Å²) in [5.41, 5.74) is 1.76. The number of benzene rings is 2. The van der Waals surface area contributed by atoms with Crippen LogP contribution in [0.5, 0.6) is 0 Å². The summed E-state index contributed by atoms with van der Waals surface area (Å²) >= 11 is 4.83. The van der Waals surface area contributed by atoms with Crippen molar-refractivity contribution in [1.82, 2.24) is 4.57 Å². The predicted molar refractivity (Wildman–Crippen MR) is 109 cm³/mol. The number of nitrogens with zero attached hydrogens (tertiary/aromatic N) is 3. The molecule has 1 aromatic heterocycles. The number of aromatic nitrogens is 1. The fourth-order valence-electron chi connectivity index (χ4n) is 2.83. The van der Waals surface area contributed by atoms with E-state index < -0.39 is 10.8 Å². The first kappa shape index (κ1) is 19.2. The number of nitro benzene ring substituents is 1. The second-order valence-corrected chi connectivity index (χ2v) is 7.83. The zero-order chi connectivity index (χ0) is 19.6. The molecule has 0 N–H and O–H groups in total. The number of nitro groups is 1. The van der Waals surface area contributed by atoms with Gasteiger partial charge in [0.1, 0.15) is 5.56 Å². The monoisotopic (exact) mass is 445 g/mol. The molecule has 1 heterocycles. The number of hydrogen-bond acceptors (Lipinski definition) is 4. The molecule has 3 rings (SSSR count). The molecule has 0 radical (unpaired) electrons. The molecular weight excluding hydrogens is 430 g/mol. The summed E-state index contributed by atoms with van der Waals surface area (Å²) in [4.78, 5) is 29.0. The topological polar surface area (TPSA) is 77.5 Å². The van der Waals surface area contributed by atoms with Gasteiger partial charge in [-0.25, -0.2) is 0 Å². The van der Waals surface area contributed by atoms with Crippen LogP contribution >= 0.6 is 27.3 Å². The van der Waals surface area contributed by atoms with Gasteiger partial charge in [-0.2, -0.15) is 4.99 Å². The van der Waals surface area contributed by atoms with Gasteiger partial charge < -0.3 is 4.57 Å². The summed E-state index contributed by atoms with van der Waals surface area (Å²) in [7, 11) is 0. The van der Waals surface area contributed by atoms with E-state index in [-0.39, 0.29) is 11.3 Å². The first-order valence-electron chi connectivity index (χ1n) is 8.21. The molecule has 0 aliphatic rings. The highest BCUT2D eigenvalue weighted by Crippen LogP contribution is 2.27. The SMILES string of the molecule is CCn1c(-c2ccc(Br)cc2)c(C)sc1=NC(=O)c1ccccc1[N+](=O)[O-]. The number of para-hydroxylation sites is 1. The average Bonchev–Trinajstić information content (AvgIpc) is 2.97. The minimum absolute atomic E-state index is 0.0126. The first-order chi connectivity index (χ1) is 12.9. The number of carbonyl (C=O) groups excluding carboxylic acids is 1. The number of aryl methyl sites for hydroxylation is 1. The molecule has 0 aliphatic carbocycles. The van der Waals surface area contributed by atoms with Crippen molar-refractivity contribution in [3.05, 3.63) is 78.4 Å². The van der Waals surface area contributed by atoms with E-state index in [9.17, 15) is 14.9 Å². The molecule has 0 aliphatic heterocycles. The number of halogens is 1. The van der Waals surface area contributed by atoms with E-state index in [1.54, 1.807) is 6.07 Å². The van der Waals surface area contributed by atoms with Gasteiger partial charge in [0.2, 0.25) is 0 Å². The van der Waals surface area contributed by atoms with Gasteiger partial charge in [0.05, 0.1) is 10.6 Å². The highest BCUT2D eigenvalue weighted by Gasteiger charge is 2.20. The van der Waals surface area contributed by atoms with Crippen LogP contribution in [0.1, 0.15) is 22.2 Å². The molecule has 27 heavy (non-hydrogen) atoms. The highest BCUT2D eigenvalue weighted by atomic mass is 79.9. The molecule has 8 heteroatoms. The Morgan fingerprint density at radius 1 is 1.22 bits per heavy atom. The van der Waals surface area contributed by atoms with Gasteiger partial charge in [-0.1, -0.05) is 40.2 Å². The molecule has 138 valence electrons. The maximum absolute atomic E-state index is 12.6. The Kier molecular flexibility index (Phi) is 5.67. The van der Waals surface area contributed by atoms with E-state index >= 15 is 0 Å². The van der Waals surface area contributed by atoms with E-state index in [1.807, 2.05) is 42.7 Å². The summed E-state index contributed by atoms with van der Waals surface area (Å²) in [6, 6.07) is 13.8. The summed E-state index contributed by atoms with van der Waals surface area (Å²) < 4.78 is 2.94. The number of hydrogen-bond donors (Lipinski definition) is 0. The Bertz CT molecular complexity index is 1080. The molecule has 0 atom stereocenters. The van der Waals surface area contributed by atoms with Crippen LogP contribution in [-0.2, 0) is 6.54 Å². The molecule has 0 fully saturated rings. The zero-order valence-electron chi connectivity index (χ0n) is 14.7. The van der Waals surface area contributed by atoms with E-state index in [0.29, 0.717) is 11.3 Å². The summed E-state index contributed by atoms with van der Waals surface area (Å²) in [6.45, 7) is 4.57. The lowest BCUT2D eigenvalue weighted by atomic mass is 10.1. The Morgan fingerprint density at radius 2 is 1.89 bits per heavy atom. The number of thiazole rings is 1. The number of amides is 1. The summed E-state index contributed by atoms with van der Waals surface area (Å²) in [5.74, 6) is -0.617. The largest absolute Gasteiger partial charge is 0.316 e. The van der Waals surface area contributed by atoms with Crippen molar-refractivity contribution in [2.75, 3.05) is 0 Å². The van der Waals surface area contributed by atoms with Crippen LogP contribution in [0.2, 0.25) is 0 Å². The Balaban J connectivity index is 2.13. The lowest BCUT2D eigenvalue weighted by molar-refractivity contribution is -0.385. The van der Waals surface area contributed by atoms with Crippen molar-refractivity contribution in [2.45, 2.75) is 20.4 Å². The van der Waals surface area contributed by atoms with Crippen molar-refractivity contribution in [2.24, 2.45) is 4.99 Å². The van der Waals surface area contributed by atoms with Crippen molar-refractivity contribution < 1.29 is 9.72 Å². The maximum Gasteiger partial charge on any atom is 0.286 e. The predicted octanol–water partition coefficient (Wildman–Crippen LogP) is 4.96. The van der Waals surface area contributed by atoms with Crippen LogP contribution in [0, 0.1) is 17.0 Å². The summed E-state index contributed by atoms with van der Waals surface area (Å²) in [5, 5.41) is 11.2. The molecular formula is C19H16BrN3O3S. The first-order valence-corrected chi connectivity index (χ1v) is 9.82. The van der Waals surface area contributed by atoms with E-state index in [4.69, 9.17) is 0 Å². The van der Waals surface area contributed by atoms with Crippen LogP contribution in [0.3, 0.4) is 0 Å². The van der Waals surface area contributed by atoms with Crippen LogP contribution in [0.15, 0.2) is 58.0 Å². The quantitative estimate of drug-likeness (QED) is 0.420. The normalized spacial score (nSPS) is 11.6. The standard InChI is InChI=1S/C19H16BrN3O3S/c1-3-22-17(13-8-10-14(20)11-9-13)12(2)27-19(22)21-18(24)15-6-4-5-7-16(15)23(25)26/h4-11H,3H2,1-2H3. The fourth-order valence-corrected chi connectivity index (χ4v) is 4.15. The van der Waals surface area contributed by atoms with Gasteiger partial charge in [0.25, 0.3) is 11.6 Å². The average molecular weight is 446 g/mol. The molecule has 0 spiro atoms. The van der Waals surface area contributed by atoms with E-state index in [0.717, 1.165) is 20.6 Å². The third-order valence-corrected chi connectivity index (χ3v) is 5.56. The van der Waals surface area contributed by atoms with Crippen LogP contribution < -0.4 is 4.80 Å². The minimum Gasteiger partial charge on any atom is -0.316 e. The fraction of sp³-hybridized carbons (Fsp3) is 0.158. The lowest BCUT2D eigenvalue weighted by Gasteiger charge is -2.07. The van der Waals surface area contributed by atoms with Crippen molar-refractivity contribution in [1.29, 1.82) is 0 Å². The van der Waals surface area contributed by atoms with E-state index in [2.05, 4.69) is 20.9 Å². The smallest absolute Gasteiger partial charge is 0.286 e. The van der Waals surface area contributed by atoms with Crippen molar-refractivity contribution >= 4 is 38.9 Å². The van der Waals surface area contributed by atoms with Gasteiger partial charge in [0, 0.05) is 22.0 Å². The number of rotatable bonds is 4. The molecule has 6 nitrogen and oxygen atoms in total. The van der Waals surface area contributed by atoms with Crippen molar-refractivity contribution in [3.63, 3.8) is 0 Å². The van der Waals surface area contributed by atoms with Crippen LogP contribution in [-0.4, -0.2) is 15.4 Å². The van der Waals surface area contributed by atoms with Gasteiger partial charge in [0.15, 0.2) is 4.80 Å². The van der Waals surface area contributed by atoms with Crippen LogP contribution in [0.4, 0.5) is 5.69 Å². The molecule has 0 bridgehead atoms. The highest BCUT2D eigenvalue weighted by molar-refractivity contribution is 9.10. The van der Waals surface area contributed by atoms with Crippen molar-refractivity contribution in [3.8, 4) is 11.3 Å². The lowest BCUT2D eigenvalue weighted by Crippen LogP contribution is -2.17. The minimum atomic E-state index is -0.617. The molecule has 3 aromatic rings. The van der Waals surface area contributed by atoms with Crippen LogP contribution in [0.25, 0.3) is 11.3 Å². The third kappa shape index (κ3) is 3.91. The Morgan fingerprint density at radius 3 is 2.52 bits per heavy atom. The Hall–Kier alpha value is -2.58. The molecule has 1 amide bonds. The molecule has 0 unspecified atom stereocenters. The van der Waals surface area contributed by atoms with E-state index in [1.165, 1.54) is 29.5 Å². The molecule has 2 aromatic carbocycles. The number of carbonyl (C=O) groups is 1. The summed E-state index contributed by atoms with van der Waals surface area (Å²) in [6.07, 6.45) is 0.